The van der Waals surface area contributed by atoms with Crippen molar-refractivity contribution < 1.29 is 15.0 Å². The lowest BCUT2D eigenvalue weighted by atomic mass is 9.77. The summed E-state index contributed by atoms with van der Waals surface area (Å²) in [7, 11) is 0. The zero-order chi connectivity index (χ0) is 12.3. The zero-order valence-electron chi connectivity index (χ0n) is 9.61. The van der Waals surface area contributed by atoms with Crippen LogP contribution in [0.2, 0.25) is 0 Å². The molecule has 1 aromatic rings. The van der Waals surface area contributed by atoms with E-state index in [0.717, 1.165) is 22.6 Å². The Morgan fingerprint density at radius 1 is 1.41 bits per heavy atom. The maximum Gasteiger partial charge on any atom is 0.308 e. The normalized spacial score (nSPS) is 17.7. The second-order valence-corrected chi connectivity index (χ2v) is 5.84. The number of hydrogen-bond donors (Lipinski definition) is 3. The zero-order valence-corrected chi connectivity index (χ0v) is 10.4. The standard InChI is InChI=1S/C12H17NO3S/c14-8-12(4-1-5-12)13-7-10-3-2-9(17-10)6-11(15)16/h2-3,13-14H,1,4-8H2,(H,15,16). The molecule has 0 saturated heterocycles. The Balaban J connectivity index is 1.86. The van der Waals surface area contributed by atoms with Gasteiger partial charge in [-0.25, -0.2) is 0 Å². The van der Waals surface area contributed by atoms with E-state index in [1.54, 1.807) is 0 Å². The second kappa shape index (κ2) is 5.16. The van der Waals surface area contributed by atoms with Gasteiger partial charge in [0.1, 0.15) is 0 Å². The summed E-state index contributed by atoms with van der Waals surface area (Å²) in [6, 6.07) is 3.82. The van der Waals surface area contributed by atoms with Crippen LogP contribution in [0.1, 0.15) is 29.0 Å². The van der Waals surface area contributed by atoms with Crippen molar-refractivity contribution in [2.75, 3.05) is 6.61 Å². The lowest BCUT2D eigenvalue weighted by molar-refractivity contribution is -0.136. The minimum absolute atomic E-state index is 0.0864. The van der Waals surface area contributed by atoms with Gasteiger partial charge in [0.2, 0.25) is 0 Å². The van der Waals surface area contributed by atoms with Gasteiger partial charge >= 0.3 is 5.97 Å². The van der Waals surface area contributed by atoms with Gasteiger partial charge in [-0.2, -0.15) is 0 Å². The Labute approximate surface area is 104 Å². The lowest BCUT2D eigenvalue weighted by Gasteiger charge is -2.41. The molecule has 1 aliphatic carbocycles. The molecular weight excluding hydrogens is 238 g/mol. The van der Waals surface area contributed by atoms with Crippen LogP contribution in [0.25, 0.3) is 0 Å². The first kappa shape index (κ1) is 12.5. The molecule has 0 radical (unpaired) electrons. The highest BCUT2D eigenvalue weighted by molar-refractivity contribution is 7.12. The molecule has 1 fully saturated rings. The number of carbonyl (C=O) groups is 1. The molecule has 0 aliphatic heterocycles. The van der Waals surface area contributed by atoms with Crippen LogP contribution >= 0.6 is 11.3 Å². The van der Waals surface area contributed by atoms with Gasteiger partial charge in [0.05, 0.1) is 13.0 Å². The molecule has 1 heterocycles. The third-order valence-electron chi connectivity index (χ3n) is 3.29. The number of carboxylic acid groups (broad SMARTS) is 1. The Kier molecular flexibility index (Phi) is 3.81. The Morgan fingerprint density at radius 2 is 2.12 bits per heavy atom. The Bertz CT molecular complexity index is 393. The van der Waals surface area contributed by atoms with E-state index in [-0.39, 0.29) is 18.6 Å². The fraction of sp³-hybridized carbons (Fsp3) is 0.583. The van der Waals surface area contributed by atoms with Gasteiger partial charge in [-0.3, -0.25) is 4.79 Å². The van der Waals surface area contributed by atoms with Crippen molar-refractivity contribution in [3.8, 4) is 0 Å². The SMILES string of the molecule is O=C(O)Cc1ccc(CNC2(CO)CCC2)s1. The van der Waals surface area contributed by atoms with E-state index in [4.69, 9.17) is 5.11 Å². The molecule has 1 aliphatic rings. The summed E-state index contributed by atoms with van der Waals surface area (Å²) in [5.41, 5.74) is -0.0864. The van der Waals surface area contributed by atoms with Crippen LogP contribution in [-0.2, 0) is 17.8 Å². The highest BCUT2D eigenvalue weighted by atomic mass is 32.1. The first-order chi connectivity index (χ1) is 8.13. The fourth-order valence-electron chi connectivity index (χ4n) is 2.03. The van der Waals surface area contributed by atoms with Gasteiger partial charge in [-0.05, 0) is 31.4 Å². The van der Waals surface area contributed by atoms with E-state index in [9.17, 15) is 9.90 Å². The molecule has 5 heteroatoms. The smallest absolute Gasteiger partial charge is 0.308 e. The molecule has 4 nitrogen and oxygen atoms in total. The second-order valence-electron chi connectivity index (χ2n) is 4.58. The topological polar surface area (TPSA) is 69.6 Å². The number of aliphatic carboxylic acids is 1. The molecule has 1 aromatic heterocycles. The maximum absolute atomic E-state index is 10.6. The summed E-state index contributed by atoms with van der Waals surface area (Å²) in [6.45, 7) is 0.894. The van der Waals surface area contributed by atoms with Gasteiger partial charge < -0.3 is 15.5 Å². The molecule has 2 rings (SSSR count). The third-order valence-corrected chi connectivity index (χ3v) is 4.38. The number of nitrogens with one attached hydrogen (secondary N) is 1. The molecule has 0 bridgehead atoms. The van der Waals surface area contributed by atoms with E-state index in [1.165, 1.54) is 17.8 Å². The molecule has 0 unspecified atom stereocenters. The Morgan fingerprint density at radius 3 is 2.65 bits per heavy atom. The third kappa shape index (κ3) is 3.06. The quantitative estimate of drug-likeness (QED) is 0.718. The summed E-state index contributed by atoms with van der Waals surface area (Å²) in [5, 5.41) is 21.4. The monoisotopic (exact) mass is 255 g/mol. The highest BCUT2D eigenvalue weighted by Gasteiger charge is 2.35. The molecular formula is C12H17NO3S. The number of aliphatic hydroxyl groups excluding tert-OH is 1. The molecule has 0 aromatic carbocycles. The van der Waals surface area contributed by atoms with Crippen molar-refractivity contribution in [2.45, 2.75) is 37.8 Å². The number of rotatable bonds is 6. The predicted octanol–water partition coefficient (Wildman–Crippen LogP) is 1.38. The average molecular weight is 255 g/mol. The molecule has 0 amide bonds. The van der Waals surface area contributed by atoms with Crippen LogP contribution in [0, 0.1) is 0 Å². The summed E-state index contributed by atoms with van der Waals surface area (Å²) >= 11 is 1.52. The van der Waals surface area contributed by atoms with Crippen molar-refractivity contribution in [2.24, 2.45) is 0 Å². The van der Waals surface area contributed by atoms with Crippen molar-refractivity contribution in [1.29, 1.82) is 0 Å². The molecule has 17 heavy (non-hydrogen) atoms. The van der Waals surface area contributed by atoms with Gasteiger partial charge in [0.15, 0.2) is 0 Å². The summed E-state index contributed by atoms with van der Waals surface area (Å²) in [4.78, 5) is 12.6. The molecule has 0 spiro atoms. The van der Waals surface area contributed by atoms with Crippen LogP contribution < -0.4 is 5.32 Å². The first-order valence-electron chi connectivity index (χ1n) is 5.79. The van der Waals surface area contributed by atoms with Crippen LogP contribution in [0.3, 0.4) is 0 Å². The van der Waals surface area contributed by atoms with Gasteiger partial charge in [0.25, 0.3) is 0 Å². The molecule has 1 saturated carbocycles. The van der Waals surface area contributed by atoms with Crippen molar-refractivity contribution in [3.63, 3.8) is 0 Å². The van der Waals surface area contributed by atoms with Gasteiger partial charge in [-0.1, -0.05) is 0 Å². The van der Waals surface area contributed by atoms with E-state index < -0.39 is 5.97 Å². The van der Waals surface area contributed by atoms with Crippen molar-refractivity contribution in [1.82, 2.24) is 5.32 Å². The maximum atomic E-state index is 10.6. The van der Waals surface area contributed by atoms with Crippen molar-refractivity contribution >= 4 is 17.3 Å². The van der Waals surface area contributed by atoms with Gasteiger partial charge in [0, 0.05) is 21.8 Å². The number of thiophene rings is 1. The number of aliphatic hydroxyl groups is 1. The first-order valence-corrected chi connectivity index (χ1v) is 6.60. The summed E-state index contributed by atoms with van der Waals surface area (Å²) in [5.74, 6) is -0.794. The predicted molar refractivity (Wildman–Crippen MR) is 66.2 cm³/mol. The summed E-state index contributed by atoms with van der Waals surface area (Å²) < 4.78 is 0. The van der Waals surface area contributed by atoms with Crippen LogP contribution in [0.5, 0.6) is 0 Å². The highest BCUT2D eigenvalue weighted by Crippen LogP contribution is 2.31. The minimum Gasteiger partial charge on any atom is -0.481 e. The van der Waals surface area contributed by atoms with Gasteiger partial charge in [-0.15, -0.1) is 11.3 Å². The molecule has 94 valence electrons. The van der Waals surface area contributed by atoms with E-state index in [2.05, 4.69) is 5.32 Å². The lowest BCUT2D eigenvalue weighted by Crippen LogP contribution is -2.53. The van der Waals surface area contributed by atoms with Crippen LogP contribution in [0.4, 0.5) is 0 Å². The molecule has 3 N–H and O–H groups in total. The fourth-order valence-corrected chi connectivity index (χ4v) is 2.98. The van der Waals surface area contributed by atoms with Crippen molar-refractivity contribution in [3.05, 3.63) is 21.9 Å². The summed E-state index contributed by atoms with van der Waals surface area (Å²) in [6.07, 6.45) is 3.31. The van der Waals surface area contributed by atoms with E-state index in [1.807, 2.05) is 12.1 Å². The van der Waals surface area contributed by atoms with Crippen LogP contribution in [-0.4, -0.2) is 28.3 Å². The Hall–Kier alpha value is -0.910. The minimum atomic E-state index is -0.794. The van der Waals surface area contributed by atoms with E-state index in [0.29, 0.717) is 6.54 Å². The largest absolute Gasteiger partial charge is 0.481 e. The van der Waals surface area contributed by atoms with Crippen LogP contribution in [0.15, 0.2) is 12.1 Å². The number of carboxylic acids is 1. The van der Waals surface area contributed by atoms with E-state index >= 15 is 0 Å². The molecule has 0 atom stereocenters. The average Bonchev–Trinajstić information content (AvgIpc) is 2.64. The number of hydrogen-bond acceptors (Lipinski definition) is 4.